The van der Waals surface area contributed by atoms with Crippen LogP contribution in [0.1, 0.15) is 17.2 Å². The third-order valence-corrected chi connectivity index (χ3v) is 5.89. The molecule has 0 fully saturated rings. The van der Waals surface area contributed by atoms with E-state index in [1.807, 2.05) is 60.7 Å². The van der Waals surface area contributed by atoms with Crippen LogP contribution >= 0.6 is 11.6 Å². The lowest BCUT2D eigenvalue weighted by atomic mass is 10.1. The first-order valence-corrected chi connectivity index (χ1v) is 10.5. The van der Waals surface area contributed by atoms with E-state index in [4.69, 9.17) is 11.6 Å². The van der Waals surface area contributed by atoms with E-state index in [-0.39, 0.29) is 17.5 Å². The van der Waals surface area contributed by atoms with Gasteiger partial charge in [-0.1, -0.05) is 72.3 Å². The molecule has 0 unspecified atom stereocenters. The Bertz CT molecular complexity index is 946. The summed E-state index contributed by atoms with van der Waals surface area (Å²) in [5.74, 6) is 0. The normalized spacial score (nSPS) is 12.6. The summed E-state index contributed by atoms with van der Waals surface area (Å²) in [5, 5.41) is 3.94. The molecule has 27 heavy (non-hydrogen) atoms. The van der Waals surface area contributed by atoms with E-state index in [9.17, 15) is 8.42 Å². The van der Waals surface area contributed by atoms with Gasteiger partial charge < -0.3 is 5.32 Å². The van der Waals surface area contributed by atoms with Crippen molar-refractivity contribution >= 4 is 21.6 Å². The zero-order valence-corrected chi connectivity index (χ0v) is 16.2. The molecule has 0 saturated carbocycles. The monoisotopic (exact) mass is 400 g/mol. The minimum atomic E-state index is -3.61. The number of nitrogens with one attached hydrogen (secondary N) is 2. The number of halogens is 1. The summed E-state index contributed by atoms with van der Waals surface area (Å²) in [5.41, 5.74) is 2.16. The molecule has 6 heteroatoms. The Morgan fingerprint density at radius 1 is 0.815 bits per heavy atom. The van der Waals surface area contributed by atoms with Gasteiger partial charge in [-0.2, -0.15) is 0 Å². The van der Waals surface area contributed by atoms with Crippen molar-refractivity contribution in [2.75, 3.05) is 6.54 Å². The van der Waals surface area contributed by atoms with E-state index in [0.717, 1.165) is 11.1 Å². The highest BCUT2D eigenvalue weighted by Crippen LogP contribution is 2.16. The Hall–Kier alpha value is -2.18. The van der Waals surface area contributed by atoms with E-state index in [1.54, 1.807) is 12.1 Å². The fourth-order valence-electron chi connectivity index (χ4n) is 2.72. The number of hydrogen-bond acceptors (Lipinski definition) is 3. The highest BCUT2D eigenvalue weighted by atomic mass is 35.5. The molecule has 0 aliphatic heterocycles. The van der Waals surface area contributed by atoms with Crippen molar-refractivity contribution in [2.24, 2.45) is 0 Å². The van der Waals surface area contributed by atoms with Gasteiger partial charge in [-0.25, -0.2) is 13.1 Å². The third kappa shape index (κ3) is 5.65. The molecule has 0 amide bonds. The van der Waals surface area contributed by atoms with Crippen molar-refractivity contribution in [1.82, 2.24) is 10.0 Å². The van der Waals surface area contributed by atoms with Crippen LogP contribution in [0.15, 0.2) is 89.8 Å². The minimum Gasteiger partial charge on any atom is -0.305 e. The Labute approximate surface area is 165 Å². The van der Waals surface area contributed by atoms with Crippen LogP contribution in [-0.4, -0.2) is 15.0 Å². The number of benzene rings is 3. The lowest BCUT2D eigenvalue weighted by molar-refractivity contribution is 0.513. The highest BCUT2D eigenvalue weighted by molar-refractivity contribution is 7.89. The Morgan fingerprint density at radius 2 is 1.41 bits per heavy atom. The van der Waals surface area contributed by atoms with Gasteiger partial charge in [0, 0.05) is 24.2 Å². The topological polar surface area (TPSA) is 58.2 Å². The summed E-state index contributed by atoms with van der Waals surface area (Å²) in [6.07, 6.45) is 0. The quantitative estimate of drug-likeness (QED) is 0.597. The van der Waals surface area contributed by atoms with E-state index < -0.39 is 10.0 Å². The van der Waals surface area contributed by atoms with Crippen LogP contribution in [-0.2, 0) is 16.6 Å². The molecule has 0 spiro atoms. The van der Waals surface area contributed by atoms with Gasteiger partial charge >= 0.3 is 0 Å². The Morgan fingerprint density at radius 3 is 2.04 bits per heavy atom. The van der Waals surface area contributed by atoms with Crippen LogP contribution < -0.4 is 10.0 Å². The van der Waals surface area contributed by atoms with Gasteiger partial charge in [0.05, 0.1) is 4.90 Å². The molecule has 0 bridgehead atoms. The second kappa shape index (κ2) is 9.15. The molecule has 0 aliphatic carbocycles. The summed E-state index contributed by atoms with van der Waals surface area (Å²) in [6.45, 7) is 0.880. The molecular weight excluding hydrogens is 380 g/mol. The van der Waals surface area contributed by atoms with E-state index >= 15 is 0 Å². The maximum Gasteiger partial charge on any atom is 0.240 e. The van der Waals surface area contributed by atoms with Gasteiger partial charge in [-0.3, -0.25) is 0 Å². The zero-order chi connectivity index (χ0) is 19.1. The predicted octanol–water partition coefficient (Wildman–Crippen LogP) is 4.15. The van der Waals surface area contributed by atoms with Crippen LogP contribution in [0.3, 0.4) is 0 Å². The van der Waals surface area contributed by atoms with Gasteiger partial charge in [0.1, 0.15) is 0 Å². The summed E-state index contributed by atoms with van der Waals surface area (Å²) < 4.78 is 27.8. The van der Waals surface area contributed by atoms with Gasteiger partial charge in [0.15, 0.2) is 0 Å². The first-order chi connectivity index (χ1) is 13.0. The lowest BCUT2D eigenvalue weighted by Gasteiger charge is -2.20. The SMILES string of the molecule is O=S(=O)(NC[C@H](NCc1ccccc1)c1ccccc1)c1ccc(Cl)cc1. The van der Waals surface area contributed by atoms with Crippen molar-refractivity contribution in [3.63, 3.8) is 0 Å². The molecular formula is C21H21ClN2O2S. The zero-order valence-electron chi connectivity index (χ0n) is 14.7. The smallest absolute Gasteiger partial charge is 0.240 e. The summed E-state index contributed by atoms with van der Waals surface area (Å²) in [6, 6.07) is 25.8. The van der Waals surface area contributed by atoms with E-state index in [2.05, 4.69) is 10.0 Å². The number of rotatable bonds is 8. The Balaban J connectivity index is 1.72. The van der Waals surface area contributed by atoms with Gasteiger partial charge in [0.2, 0.25) is 10.0 Å². The fourth-order valence-corrected chi connectivity index (χ4v) is 3.89. The molecule has 140 valence electrons. The van der Waals surface area contributed by atoms with E-state index in [0.29, 0.717) is 11.6 Å². The average Bonchev–Trinajstić information content (AvgIpc) is 2.70. The minimum absolute atomic E-state index is 0.159. The van der Waals surface area contributed by atoms with Gasteiger partial charge in [-0.15, -0.1) is 0 Å². The molecule has 0 aromatic heterocycles. The molecule has 4 nitrogen and oxygen atoms in total. The molecule has 3 aromatic rings. The largest absolute Gasteiger partial charge is 0.305 e. The molecule has 2 N–H and O–H groups in total. The summed E-state index contributed by atoms with van der Waals surface area (Å²) in [7, 11) is -3.61. The summed E-state index contributed by atoms with van der Waals surface area (Å²) >= 11 is 5.84. The molecule has 3 rings (SSSR count). The maximum absolute atomic E-state index is 12.6. The van der Waals surface area contributed by atoms with Crippen LogP contribution in [0.25, 0.3) is 0 Å². The lowest BCUT2D eigenvalue weighted by Crippen LogP contribution is -2.34. The van der Waals surface area contributed by atoms with Crippen molar-refractivity contribution in [3.05, 3.63) is 101 Å². The van der Waals surface area contributed by atoms with Crippen molar-refractivity contribution in [3.8, 4) is 0 Å². The summed E-state index contributed by atoms with van der Waals surface area (Å²) in [4.78, 5) is 0.196. The van der Waals surface area contributed by atoms with Crippen LogP contribution in [0.2, 0.25) is 5.02 Å². The van der Waals surface area contributed by atoms with E-state index in [1.165, 1.54) is 12.1 Å². The standard InChI is InChI=1S/C21H21ClN2O2S/c22-19-11-13-20(14-12-19)27(25,26)24-16-21(18-9-5-2-6-10-18)23-15-17-7-3-1-4-8-17/h1-14,21,23-24H,15-16H2/t21-/m0/s1. The predicted molar refractivity (Wildman–Crippen MR) is 109 cm³/mol. The van der Waals surface area contributed by atoms with Gasteiger partial charge in [-0.05, 0) is 35.4 Å². The first kappa shape index (κ1) is 19.6. The average molecular weight is 401 g/mol. The van der Waals surface area contributed by atoms with Gasteiger partial charge in [0.25, 0.3) is 0 Å². The Kier molecular flexibility index (Phi) is 6.63. The highest BCUT2D eigenvalue weighted by Gasteiger charge is 2.18. The van der Waals surface area contributed by atoms with Crippen LogP contribution in [0.4, 0.5) is 0 Å². The third-order valence-electron chi connectivity index (χ3n) is 4.20. The molecule has 0 saturated heterocycles. The molecule has 0 aliphatic rings. The second-order valence-electron chi connectivity index (χ2n) is 6.14. The molecule has 1 atom stereocenters. The number of sulfonamides is 1. The van der Waals surface area contributed by atoms with Crippen molar-refractivity contribution < 1.29 is 8.42 Å². The maximum atomic E-state index is 12.6. The van der Waals surface area contributed by atoms with Crippen LogP contribution in [0, 0.1) is 0 Å². The first-order valence-electron chi connectivity index (χ1n) is 8.62. The molecule has 3 aromatic carbocycles. The molecule has 0 heterocycles. The number of hydrogen-bond donors (Lipinski definition) is 2. The fraction of sp³-hybridized carbons (Fsp3) is 0.143. The van der Waals surface area contributed by atoms with Crippen LogP contribution in [0.5, 0.6) is 0 Å². The van der Waals surface area contributed by atoms with Crippen molar-refractivity contribution in [2.45, 2.75) is 17.5 Å². The van der Waals surface area contributed by atoms with Crippen molar-refractivity contribution in [1.29, 1.82) is 0 Å². The molecule has 0 radical (unpaired) electrons. The second-order valence-corrected chi connectivity index (χ2v) is 8.34.